The summed E-state index contributed by atoms with van der Waals surface area (Å²) < 4.78 is 48.0. The van der Waals surface area contributed by atoms with Crippen LogP contribution in [0.4, 0.5) is 14.5 Å². The van der Waals surface area contributed by atoms with Gasteiger partial charge in [0.05, 0.1) is 11.4 Å². The molecule has 2 N–H and O–H groups in total. The zero-order valence-electron chi connectivity index (χ0n) is 17.3. The van der Waals surface area contributed by atoms with E-state index < -0.39 is 20.5 Å². The van der Waals surface area contributed by atoms with E-state index >= 15 is 0 Å². The summed E-state index contributed by atoms with van der Waals surface area (Å²) in [5.41, 5.74) is 0.322. The first-order chi connectivity index (χ1) is 15.3. The van der Waals surface area contributed by atoms with Gasteiger partial charge < -0.3 is 10.6 Å². The van der Waals surface area contributed by atoms with Gasteiger partial charge in [-0.1, -0.05) is 6.07 Å². The maximum atomic E-state index is 12.6. The fraction of sp³-hybridized carbons (Fsp3) is 0.429. The minimum atomic E-state index is -4.66. The van der Waals surface area contributed by atoms with Gasteiger partial charge in [-0.05, 0) is 68.1 Å². The standard InChI is InChI=1S/C21H25F2N3O4S2/c22-21(23)32(29,30)18-5-3-16(4-6-18)25-19(27)14-26-11-8-15(9-12-26)20(28)24-10-7-17-2-1-13-31-17/h1-6,13,15,21H,7-12,14H2,(H,24,28)(H,25,27). The Hall–Kier alpha value is -2.37. The van der Waals surface area contributed by atoms with Crippen molar-refractivity contribution in [1.82, 2.24) is 10.2 Å². The van der Waals surface area contributed by atoms with Crippen molar-refractivity contribution in [2.75, 3.05) is 31.5 Å². The van der Waals surface area contributed by atoms with Gasteiger partial charge in [0.15, 0.2) is 0 Å². The van der Waals surface area contributed by atoms with Gasteiger partial charge in [-0.2, -0.15) is 8.78 Å². The molecule has 0 radical (unpaired) electrons. The van der Waals surface area contributed by atoms with Crippen LogP contribution >= 0.6 is 11.3 Å². The second kappa shape index (κ2) is 11.0. The number of carbonyl (C=O) groups excluding carboxylic acids is 2. The van der Waals surface area contributed by atoms with Crippen LogP contribution in [0, 0.1) is 5.92 Å². The molecule has 174 valence electrons. The number of anilines is 1. The molecule has 0 saturated carbocycles. The summed E-state index contributed by atoms with van der Waals surface area (Å²) in [6, 6.07) is 8.67. The number of piperidine rings is 1. The minimum absolute atomic E-state index is 0.0458. The number of sulfone groups is 1. The maximum Gasteiger partial charge on any atom is 0.341 e. The van der Waals surface area contributed by atoms with Gasteiger partial charge in [-0.25, -0.2) is 8.42 Å². The lowest BCUT2D eigenvalue weighted by Gasteiger charge is -2.30. The van der Waals surface area contributed by atoms with Crippen LogP contribution in [0.2, 0.25) is 0 Å². The topological polar surface area (TPSA) is 95.6 Å². The Bertz CT molecular complexity index is 1000. The van der Waals surface area contributed by atoms with Gasteiger partial charge in [0.25, 0.3) is 0 Å². The lowest BCUT2D eigenvalue weighted by atomic mass is 9.96. The molecule has 0 aliphatic carbocycles. The number of hydrogen-bond acceptors (Lipinski definition) is 6. The van der Waals surface area contributed by atoms with Crippen molar-refractivity contribution in [1.29, 1.82) is 0 Å². The molecule has 7 nitrogen and oxygen atoms in total. The number of benzene rings is 1. The molecule has 0 unspecified atom stereocenters. The minimum Gasteiger partial charge on any atom is -0.355 e. The first kappa shape index (κ1) is 24.3. The summed E-state index contributed by atoms with van der Waals surface area (Å²) in [6.45, 7) is 1.97. The van der Waals surface area contributed by atoms with Crippen molar-refractivity contribution in [2.24, 2.45) is 5.92 Å². The highest BCUT2D eigenvalue weighted by Crippen LogP contribution is 2.21. The number of rotatable bonds is 9. The highest BCUT2D eigenvalue weighted by atomic mass is 32.2. The number of nitrogens with zero attached hydrogens (tertiary/aromatic N) is 1. The Kier molecular flexibility index (Phi) is 8.32. The Morgan fingerprint density at radius 2 is 1.81 bits per heavy atom. The summed E-state index contributed by atoms with van der Waals surface area (Å²) in [7, 11) is -4.66. The Balaban J connectivity index is 1.39. The van der Waals surface area contributed by atoms with E-state index in [1.54, 1.807) is 11.3 Å². The average molecular weight is 486 g/mol. The molecule has 1 aromatic carbocycles. The van der Waals surface area contributed by atoms with Crippen molar-refractivity contribution in [3.8, 4) is 0 Å². The fourth-order valence-corrected chi connectivity index (χ4v) is 4.93. The van der Waals surface area contributed by atoms with Gasteiger partial charge in [0.2, 0.25) is 21.7 Å². The van der Waals surface area contributed by atoms with Crippen molar-refractivity contribution in [3.05, 3.63) is 46.7 Å². The van der Waals surface area contributed by atoms with Gasteiger partial charge in [0, 0.05) is 23.0 Å². The molecule has 0 atom stereocenters. The third kappa shape index (κ3) is 6.57. The molecule has 2 aromatic rings. The van der Waals surface area contributed by atoms with E-state index in [-0.39, 0.29) is 24.3 Å². The molecule has 3 rings (SSSR count). The van der Waals surface area contributed by atoms with Crippen LogP contribution in [-0.4, -0.2) is 57.1 Å². The number of nitrogens with one attached hydrogen (secondary N) is 2. The van der Waals surface area contributed by atoms with Crippen LogP contribution in [0.1, 0.15) is 17.7 Å². The molecule has 32 heavy (non-hydrogen) atoms. The third-order valence-corrected chi connectivity index (χ3v) is 7.61. The largest absolute Gasteiger partial charge is 0.355 e. The van der Waals surface area contributed by atoms with Crippen LogP contribution < -0.4 is 10.6 Å². The number of halogens is 2. The second-order valence-electron chi connectivity index (χ2n) is 7.55. The van der Waals surface area contributed by atoms with Gasteiger partial charge >= 0.3 is 5.76 Å². The van der Waals surface area contributed by atoms with Crippen LogP contribution in [0.15, 0.2) is 46.7 Å². The van der Waals surface area contributed by atoms with Gasteiger partial charge in [-0.15, -0.1) is 11.3 Å². The maximum absolute atomic E-state index is 12.6. The highest BCUT2D eigenvalue weighted by molar-refractivity contribution is 7.91. The van der Waals surface area contributed by atoms with E-state index in [2.05, 4.69) is 10.6 Å². The molecular weight excluding hydrogens is 460 g/mol. The first-order valence-corrected chi connectivity index (χ1v) is 12.6. The van der Waals surface area contributed by atoms with E-state index in [0.29, 0.717) is 38.2 Å². The smallest absolute Gasteiger partial charge is 0.341 e. The number of hydrogen-bond donors (Lipinski definition) is 2. The lowest BCUT2D eigenvalue weighted by Crippen LogP contribution is -2.43. The van der Waals surface area contributed by atoms with Crippen molar-refractivity contribution in [3.63, 3.8) is 0 Å². The molecule has 1 aliphatic rings. The zero-order valence-corrected chi connectivity index (χ0v) is 18.9. The first-order valence-electron chi connectivity index (χ1n) is 10.2. The Labute approximate surface area is 189 Å². The predicted octanol–water partition coefficient (Wildman–Crippen LogP) is 2.75. The molecule has 0 bridgehead atoms. The van der Waals surface area contributed by atoms with Crippen molar-refractivity contribution < 1.29 is 26.8 Å². The van der Waals surface area contributed by atoms with Gasteiger partial charge in [0.1, 0.15) is 0 Å². The number of amides is 2. The summed E-state index contributed by atoms with van der Waals surface area (Å²) in [5.74, 6) is -3.81. The van der Waals surface area contributed by atoms with Crippen LogP contribution in [0.25, 0.3) is 0 Å². The van der Waals surface area contributed by atoms with E-state index in [1.807, 2.05) is 22.4 Å². The van der Waals surface area contributed by atoms with Crippen molar-refractivity contribution in [2.45, 2.75) is 29.9 Å². The van der Waals surface area contributed by atoms with E-state index in [0.717, 1.165) is 18.6 Å². The summed E-state index contributed by atoms with van der Waals surface area (Å²) in [4.78, 5) is 27.3. The Morgan fingerprint density at radius 3 is 2.41 bits per heavy atom. The van der Waals surface area contributed by atoms with E-state index in [1.165, 1.54) is 17.0 Å². The summed E-state index contributed by atoms with van der Waals surface area (Å²) in [6.07, 6.45) is 2.15. The molecule has 2 amide bonds. The van der Waals surface area contributed by atoms with Crippen LogP contribution in [0.5, 0.6) is 0 Å². The van der Waals surface area contributed by atoms with E-state index in [4.69, 9.17) is 0 Å². The SMILES string of the molecule is O=C(CN1CCC(C(=O)NCCc2cccs2)CC1)Nc1ccc(S(=O)(=O)C(F)F)cc1. The zero-order chi connectivity index (χ0) is 23.1. The monoisotopic (exact) mass is 485 g/mol. The molecule has 11 heteroatoms. The number of alkyl halides is 2. The molecule has 2 heterocycles. The fourth-order valence-electron chi connectivity index (χ4n) is 3.50. The molecule has 1 aliphatic heterocycles. The molecular formula is C21H25F2N3O4S2. The highest BCUT2D eigenvalue weighted by Gasteiger charge is 2.27. The molecule has 0 spiro atoms. The predicted molar refractivity (Wildman–Crippen MR) is 118 cm³/mol. The summed E-state index contributed by atoms with van der Waals surface area (Å²) in [5, 5.41) is 7.62. The number of likely N-dealkylation sites (tertiary alicyclic amines) is 1. The van der Waals surface area contributed by atoms with E-state index in [9.17, 15) is 26.8 Å². The molecule has 1 aromatic heterocycles. The Morgan fingerprint density at radius 1 is 1.12 bits per heavy atom. The van der Waals surface area contributed by atoms with Crippen LogP contribution in [0.3, 0.4) is 0 Å². The number of carbonyl (C=O) groups is 2. The summed E-state index contributed by atoms with van der Waals surface area (Å²) >= 11 is 1.67. The third-order valence-electron chi connectivity index (χ3n) is 5.28. The quantitative estimate of drug-likeness (QED) is 0.570. The molecule has 1 fully saturated rings. The van der Waals surface area contributed by atoms with Crippen molar-refractivity contribution >= 4 is 38.7 Å². The van der Waals surface area contributed by atoms with Crippen LogP contribution in [-0.2, 0) is 25.8 Å². The lowest BCUT2D eigenvalue weighted by molar-refractivity contribution is -0.126. The average Bonchev–Trinajstić information content (AvgIpc) is 3.28. The number of thiophene rings is 1. The normalized spacial score (nSPS) is 15.6. The second-order valence-corrected chi connectivity index (χ2v) is 10.5. The van der Waals surface area contributed by atoms with Gasteiger partial charge in [-0.3, -0.25) is 14.5 Å². The molecule has 1 saturated heterocycles.